The van der Waals surface area contributed by atoms with E-state index in [1.54, 1.807) is 36.7 Å². The lowest BCUT2D eigenvalue weighted by Gasteiger charge is -2.09. The predicted molar refractivity (Wildman–Crippen MR) is 114 cm³/mol. The van der Waals surface area contributed by atoms with Gasteiger partial charge in [0.05, 0.1) is 23.1 Å². The molecular weight excluding hydrogens is 364 g/mol. The van der Waals surface area contributed by atoms with E-state index in [9.17, 15) is 9.59 Å². The zero-order valence-electron chi connectivity index (χ0n) is 15.7. The van der Waals surface area contributed by atoms with Gasteiger partial charge in [-0.3, -0.25) is 14.6 Å². The fourth-order valence-corrected chi connectivity index (χ4v) is 2.98. The third-order valence-electron chi connectivity index (χ3n) is 4.43. The molecule has 0 saturated heterocycles. The first-order valence-corrected chi connectivity index (χ1v) is 9.09. The van der Waals surface area contributed by atoms with Crippen molar-refractivity contribution < 1.29 is 9.59 Å². The van der Waals surface area contributed by atoms with Gasteiger partial charge in [-0.2, -0.15) is 0 Å². The largest absolute Gasteiger partial charge is 0.354 e. The molecule has 2 aromatic carbocycles. The van der Waals surface area contributed by atoms with Crippen LogP contribution in [0.3, 0.4) is 0 Å². The highest BCUT2D eigenvalue weighted by molar-refractivity contribution is 6.07. The number of benzene rings is 2. The summed E-state index contributed by atoms with van der Waals surface area (Å²) in [4.78, 5) is 32.7. The number of carbonyl (C=O) groups is 2. The number of hydrogen-bond acceptors (Lipinski definition) is 5. The van der Waals surface area contributed by atoms with E-state index in [0.29, 0.717) is 22.6 Å². The molecule has 2 N–H and O–H groups in total. The Morgan fingerprint density at radius 3 is 2.48 bits per heavy atom. The van der Waals surface area contributed by atoms with E-state index in [1.807, 2.05) is 42.5 Å². The summed E-state index contributed by atoms with van der Waals surface area (Å²) < 4.78 is 0. The number of pyridine rings is 2. The number of anilines is 3. The van der Waals surface area contributed by atoms with Crippen LogP contribution in [0.25, 0.3) is 10.9 Å². The number of aromatic nitrogens is 2. The SMILES string of the molecule is CC(=O)c1cccc(Nc2ccc(C(=O)Nc3cccc4cccnc34)nc2)c1. The Morgan fingerprint density at radius 2 is 1.69 bits per heavy atom. The van der Waals surface area contributed by atoms with Crippen molar-refractivity contribution in [1.82, 2.24) is 9.97 Å². The minimum absolute atomic E-state index is 0.00159. The number of fused-ring (bicyclic) bond motifs is 1. The van der Waals surface area contributed by atoms with Crippen molar-refractivity contribution in [2.45, 2.75) is 6.92 Å². The van der Waals surface area contributed by atoms with Gasteiger partial charge in [-0.1, -0.05) is 30.3 Å². The van der Waals surface area contributed by atoms with Gasteiger partial charge in [-0.05, 0) is 43.3 Å². The van der Waals surface area contributed by atoms with Crippen LogP contribution >= 0.6 is 0 Å². The number of carbonyl (C=O) groups excluding carboxylic acids is 2. The molecule has 142 valence electrons. The van der Waals surface area contributed by atoms with Crippen molar-refractivity contribution in [3.05, 3.63) is 90.4 Å². The van der Waals surface area contributed by atoms with E-state index in [0.717, 1.165) is 16.6 Å². The lowest BCUT2D eigenvalue weighted by Crippen LogP contribution is -2.14. The smallest absolute Gasteiger partial charge is 0.274 e. The number of amides is 1. The van der Waals surface area contributed by atoms with Gasteiger partial charge in [0.25, 0.3) is 5.91 Å². The van der Waals surface area contributed by atoms with Crippen molar-refractivity contribution in [3.63, 3.8) is 0 Å². The lowest BCUT2D eigenvalue weighted by atomic mass is 10.1. The van der Waals surface area contributed by atoms with E-state index in [2.05, 4.69) is 20.6 Å². The highest BCUT2D eigenvalue weighted by Gasteiger charge is 2.10. The molecule has 0 aliphatic rings. The molecule has 4 aromatic rings. The summed E-state index contributed by atoms with van der Waals surface area (Å²) >= 11 is 0. The summed E-state index contributed by atoms with van der Waals surface area (Å²) in [7, 11) is 0. The second kappa shape index (κ2) is 7.90. The first kappa shape index (κ1) is 18.3. The minimum Gasteiger partial charge on any atom is -0.354 e. The Labute approximate surface area is 167 Å². The van der Waals surface area contributed by atoms with E-state index < -0.39 is 0 Å². The maximum Gasteiger partial charge on any atom is 0.274 e. The van der Waals surface area contributed by atoms with Crippen molar-refractivity contribution in [3.8, 4) is 0 Å². The molecule has 0 saturated carbocycles. The molecule has 29 heavy (non-hydrogen) atoms. The first-order valence-electron chi connectivity index (χ1n) is 9.09. The number of hydrogen-bond donors (Lipinski definition) is 2. The van der Waals surface area contributed by atoms with Crippen LogP contribution in [0.2, 0.25) is 0 Å². The molecule has 0 fully saturated rings. The van der Waals surface area contributed by atoms with E-state index >= 15 is 0 Å². The van der Waals surface area contributed by atoms with Crippen LogP contribution in [0, 0.1) is 0 Å². The summed E-state index contributed by atoms with van der Waals surface area (Å²) in [6.07, 6.45) is 3.27. The maximum absolute atomic E-state index is 12.6. The van der Waals surface area contributed by atoms with Gasteiger partial charge in [0.2, 0.25) is 0 Å². The topological polar surface area (TPSA) is 84.0 Å². The highest BCUT2D eigenvalue weighted by Crippen LogP contribution is 2.22. The molecule has 4 rings (SSSR count). The number of rotatable bonds is 5. The summed E-state index contributed by atoms with van der Waals surface area (Å²) in [5.74, 6) is -0.310. The van der Waals surface area contributed by atoms with E-state index in [1.165, 1.54) is 6.92 Å². The highest BCUT2D eigenvalue weighted by atomic mass is 16.2. The average molecular weight is 382 g/mol. The quantitative estimate of drug-likeness (QED) is 0.483. The Morgan fingerprint density at radius 1 is 0.862 bits per heavy atom. The fourth-order valence-electron chi connectivity index (χ4n) is 2.98. The molecule has 0 bridgehead atoms. The van der Waals surface area contributed by atoms with E-state index in [-0.39, 0.29) is 11.7 Å². The predicted octanol–water partition coefficient (Wildman–Crippen LogP) is 4.83. The first-order chi connectivity index (χ1) is 14.1. The van der Waals surface area contributed by atoms with Gasteiger partial charge in [0, 0.05) is 22.8 Å². The number of nitrogens with zero attached hydrogens (tertiary/aromatic N) is 2. The Bertz CT molecular complexity index is 1200. The summed E-state index contributed by atoms with van der Waals surface area (Å²) in [5, 5.41) is 7.00. The van der Waals surface area contributed by atoms with Crippen LogP contribution in [0.4, 0.5) is 17.1 Å². The van der Waals surface area contributed by atoms with Crippen molar-refractivity contribution in [1.29, 1.82) is 0 Å². The molecule has 0 radical (unpaired) electrons. The van der Waals surface area contributed by atoms with Crippen LogP contribution < -0.4 is 10.6 Å². The number of ketones is 1. The van der Waals surface area contributed by atoms with Crippen molar-refractivity contribution in [2.75, 3.05) is 10.6 Å². The van der Waals surface area contributed by atoms with Gasteiger partial charge in [-0.15, -0.1) is 0 Å². The third-order valence-corrected chi connectivity index (χ3v) is 4.43. The standard InChI is InChI=1S/C23H18N4O2/c1-15(28)17-6-2-8-18(13-17)26-19-10-11-21(25-14-19)23(29)27-20-9-3-5-16-7-4-12-24-22(16)20/h2-14,26H,1H3,(H,27,29). The Balaban J connectivity index is 1.49. The van der Waals surface area contributed by atoms with Crippen LogP contribution in [-0.2, 0) is 0 Å². The van der Waals surface area contributed by atoms with Crippen molar-refractivity contribution in [2.24, 2.45) is 0 Å². The summed E-state index contributed by atoms with van der Waals surface area (Å²) in [5.41, 5.74) is 3.78. The number of Topliss-reactive ketones (excluding diaryl/α,β-unsaturated/α-hetero) is 1. The molecule has 0 unspecified atom stereocenters. The maximum atomic E-state index is 12.6. The number of para-hydroxylation sites is 1. The third kappa shape index (κ3) is 4.11. The normalized spacial score (nSPS) is 10.5. The summed E-state index contributed by atoms with van der Waals surface area (Å²) in [6, 6.07) is 20.0. The van der Waals surface area contributed by atoms with E-state index in [4.69, 9.17) is 0 Å². The molecule has 1 amide bonds. The van der Waals surface area contributed by atoms with Gasteiger partial charge >= 0.3 is 0 Å². The second-order valence-electron chi connectivity index (χ2n) is 6.53. The van der Waals surface area contributed by atoms with Gasteiger partial charge in [-0.25, -0.2) is 4.98 Å². The molecular formula is C23H18N4O2. The zero-order valence-corrected chi connectivity index (χ0v) is 15.7. The van der Waals surface area contributed by atoms with Crippen molar-refractivity contribution >= 4 is 39.7 Å². The molecule has 2 aromatic heterocycles. The van der Waals surface area contributed by atoms with Gasteiger partial charge in [0.1, 0.15) is 5.69 Å². The molecule has 2 heterocycles. The second-order valence-corrected chi connectivity index (χ2v) is 6.53. The Kier molecular flexibility index (Phi) is 4.99. The van der Waals surface area contributed by atoms with Crippen LogP contribution in [0.1, 0.15) is 27.8 Å². The Hall–Kier alpha value is -4.06. The summed E-state index contributed by atoms with van der Waals surface area (Å²) in [6.45, 7) is 1.53. The monoisotopic (exact) mass is 382 g/mol. The molecule has 6 heteroatoms. The fraction of sp³-hybridized carbons (Fsp3) is 0.0435. The van der Waals surface area contributed by atoms with Gasteiger partial charge < -0.3 is 10.6 Å². The average Bonchev–Trinajstić information content (AvgIpc) is 2.75. The lowest BCUT2D eigenvalue weighted by molar-refractivity contribution is 0.101. The van der Waals surface area contributed by atoms with Gasteiger partial charge in [0.15, 0.2) is 5.78 Å². The molecule has 0 spiro atoms. The molecule has 6 nitrogen and oxygen atoms in total. The van der Waals surface area contributed by atoms with Crippen LogP contribution in [0.5, 0.6) is 0 Å². The minimum atomic E-state index is -0.312. The number of nitrogens with one attached hydrogen (secondary N) is 2. The van der Waals surface area contributed by atoms with Crippen LogP contribution in [-0.4, -0.2) is 21.7 Å². The zero-order chi connectivity index (χ0) is 20.2. The van der Waals surface area contributed by atoms with Crippen LogP contribution in [0.15, 0.2) is 79.1 Å². The molecule has 0 aliphatic carbocycles. The molecule has 0 aliphatic heterocycles. The molecule has 0 atom stereocenters.